The van der Waals surface area contributed by atoms with Gasteiger partial charge in [-0.3, -0.25) is 0 Å². The van der Waals surface area contributed by atoms with Crippen molar-refractivity contribution in [2.24, 2.45) is 11.7 Å². The molecule has 0 spiro atoms. The summed E-state index contributed by atoms with van der Waals surface area (Å²) < 4.78 is 6.02. The maximum absolute atomic E-state index is 6.50. The van der Waals surface area contributed by atoms with Gasteiger partial charge in [0.15, 0.2) is 0 Å². The molecule has 1 aliphatic carbocycles. The van der Waals surface area contributed by atoms with Gasteiger partial charge in [-0.2, -0.15) is 0 Å². The van der Waals surface area contributed by atoms with E-state index in [-0.39, 0.29) is 6.04 Å². The Kier molecular flexibility index (Phi) is 5.95. The van der Waals surface area contributed by atoms with Crippen molar-refractivity contribution >= 4 is 11.6 Å². The standard InChI is InChI=1S/C18H28ClNO/c1-4-12(3)14-8-15(9-16(20)5-2)18(17(19)10-14)21-11-13-6-7-13/h8,10,12-13,16H,4-7,9,11,20H2,1-3H3. The summed E-state index contributed by atoms with van der Waals surface area (Å²) in [4.78, 5) is 0. The Morgan fingerprint density at radius 3 is 2.57 bits per heavy atom. The predicted molar refractivity (Wildman–Crippen MR) is 90.3 cm³/mol. The van der Waals surface area contributed by atoms with Gasteiger partial charge in [-0.1, -0.05) is 38.4 Å². The zero-order valence-corrected chi connectivity index (χ0v) is 14.2. The van der Waals surface area contributed by atoms with Crippen LogP contribution >= 0.6 is 11.6 Å². The van der Waals surface area contributed by atoms with Crippen molar-refractivity contribution < 1.29 is 4.74 Å². The van der Waals surface area contributed by atoms with Crippen molar-refractivity contribution in [2.45, 2.75) is 64.8 Å². The van der Waals surface area contributed by atoms with Crippen LogP contribution < -0.4 is 10.5 Å². The normalized spacial score (nSPS) is 17.6. The number of hydrogen-bond donors (Lipinski definition) is 1. The maximum atomic E-state index is 6.50. The van der Waals surface area contributed by atoms with Gasteiger partial charge in [0.2, 0.25) is 0 Å². The number of hydrogen-bond acceptors (Lipinski definition) is 2. The minimum atomic E-state index is 0.163. The Morgan fingerprint density at radius 2 is 2.00 bits per heavy atom. The van der Waals surface area contributed by atoms with Crippen molar-refractivity contribution in [3.05, 3.63) is 28.3 Å². The first-order valence-corrected chi connectivity index (χ1v) is 8.63. The fourth-order valence-electron chi connectivity index (χ4n) is 2.42. The van der Waals surface area contributed by atoms with Crippen LogP contribution in [0.3, 0.4) is 0 Å². The quantitative estimate of drug-likeness (QED) is 0.739. The van der Waals surface area contributed by atoms with Gasteiger partial charge in [0.05, 0.1) is 11.6 Å². The number of halogens is 1. The highest BCUT2D eigenvalue weighted by Gasteiger charge is 2.23. The van der Waals surface area contributed by atoms with Crippen LogP contribution in [0.4, 0.5) is 0 Å². The van der Waals surface area contributed by atoms with Crippen molar-refractivity contribution in [2.75, 3.05) is 6.61 Å². The molecular formula is C18H28ClNO. The highest BCUT2D eigenvalue weighted by atomic mass is 35.5. The van der Waals surface area contributed by atoms with E-state index < -0.39 is 0 Å². The van der Waals surface area contributed by atoms with E-state index in [1.54, 1.807) is 0 Å². The summed E-state index contributed by atoms with van der Waals surface area (Å²) >= 11 is 6.50. The molecule has 2 atom stereocenters. The second kappa shape index (κ2) is 7.51. The highest BCUT2D eigenvalue weighted by Crippen LogP contribution is 2.37. The Hall–Kier alpha value is -0.730. The monoisotopic (exact) mass is 309 g/mol. The van der Waals surface area contributed by atoms with Crippen molar-refractivity contribution in [3.63, 3.8) is 0 Å². The zero-order chi connectivity index (χ0) is 15.4. The molecule has 3 heteroatoms. The van der Waals surface area contributed by atoms with Gasteiger partial charge in [0, 0.05) is 6.04 Å². The molecule has 0 heterocycles. The molecule has 2 nitrogen and oxygen atoms in total. The second-order valence-electron chi connectivity index (χ2n) is 6.43. The smallest absolute Gasteiger partial charge is 0.141 e. The lowest BCUT2D eigenvalue weighted by Crippen LogP contribution is -2.22. The molecular weight excluding hydrogens is 282 g/mol. The second-order valence-corrected chi connectivity index (χ2v) is 6.83. The van der Waals surface area contributed by atoms with Gasteiger partial charge in [-0.05, 0) is 61.1 Å². The molecule has 0 aliphatic heterocycles. The van der Waals surface area contributed by atoms with Crippen molar-refractivity contribution in [1.29, 1.82) is 0 Å². The zero-order valence-electron chi connectivity index (χ0n) is 13.5. The number of benzene rings is 1. The van der Waals surface area contributed by atoms with E-state index in [0.717, 1.165) is 42.6 Å². The number of nitrogens with two attached hydrogens (primary N) is 1. The Morgan fingerprint density at radius 1 is 1.29 bits per heavy atom. The largest absolute Gasteiger partial charge is 0.491 e. The van der Waals surface area contributed by atoms with E-state index in [1.807, 2.05) is 0 Å². The molecule has 1 saturated carbocycles. The fourth-order valence-corrected chi connectivity index (χ4v) is 2.72. The van der Waals surface area contributed by atoms with Crippen LogP contribution in [0.25, 0.3) is 0 Å². The van der Waals surface area contributed by atoms with E-state index in [1.165, 1.54) is 24.0 Å². The summed E-state index contributed by atoms with van der Waals surface area (Å²) in [7, 11) is 0. The van der Waals surface area contributed by atoms with Crippen LogP contribution in [0.5, 0.6) is 5.75 Å². The molecule has 0 saturated heterocycles. The third-order valence-corrected chi connectivity index (χ3v) is 4.77. The summed E-state index contributed by atoms with van der Waals surface area (Å²) in [6.45, 7) is 7.35. The van der Waals surface area contributed by atoms with Crippen LogP contribution in [-0.2, 0) is 6.42 Å². The molecule has 2 N–H and O–H groups in total. The molecule has 0 amide bonds. The molecule has 0 bridgehead atoms. The Balaban J connectivity index is 2.25. The molecule has 1 fully saturated rings. The molecule has 1 aromatic carbocycles. The van der Waals surface area contributed by atoms with Gasteiger partial charge < -0.3 is 10.5 Å². The molecule has 21 heavy (non-hydrogen) atoms. The van der Waals surface area contributed by atoms with E-state index >= 15 is 0 Å². The third-order valence-electron chi connectivity index (χ3n) is 4.49. The van der Waals surface area contributed by atoms with E-state index in [4.69, 9.17) is 22.1 Å². The summed E-state index contributed by atoms with van der Waals surface area (Å²) in [5.41, 5.74) is 8.62. The van der Waals surface area contributed by atoms with Crippen LogP contribution in [0, 0.1) is 5.92 Å². The molecule has 2 unspecified atom stereocenters. The first-order valence-electron chi connectivity index (χ1n) is 8.25. The average Bonchev–Trinajstić information content (AvgIpc) is 3.29. The molecule has 1 aliphatic rings. The van der Waals surface area contributed by atoms with Gasteiger partial charge in [0.1, 0.15) is 5.75 Å². The minimum absolute atomic E-state index is 0.163. The van der Waals surface area contributed by atoms with Gasteiger partial charge in [-0.15, -0.1) is 0 Å². The lowest BCUT2D eigenvalue weighted by molar-refractivity contribution is 0.296. The maximum Gasteiger partial charge on any atom is 0.141 e. The first-order chi connectivity index (χ1) is 10.0. The topological polar surface area (TPSA) is 35.2 Å². The fraction of sp³-hybridized carbons (Fsp3) is 0.667. The molecule has 0 radical (unpaired) electrons. The first kappa shape index (κ1) is 16.6. The number of rotatable bonds is 8. The van der Waals surface area contributed by atoms with Gasteiger partial charge in [-0.25, -0.2) is 0 Å². The van der Waals surface area contributed by atoms with Crippen LogP contribution in [0.2, 0.25) is 5.02 Å². The van der Waals surface area contributed by atoms with Gasteiger partial charge >= 0.3 is 0 Å². The van der Waals surface area contributed by atoms with Gasteiger partial charge in [0.25, 0.3) is 0 Å². The summed E-state index contributed by atoms with van der Waals surface area (Å²) in [5.74, 6) is 2.10. The Labute approximate surface area is 134 Å². The minimum Gasteiger partial charge on any atom is -0.491 e. The van der Waals surface area contributed by atoms with Crippen LogP contribution in [-0.4, -0.2) is 12.6 Å². The summed E-state index contributed by atoms with van der Waals surface area (Å²) in [6.07, 6.45) is 5.48. The van der Waals surface area contributed by atoms with Crippen molar-refractivity contribution in [3.8, 4) is 5.75 Å². The SMILES string of the molecule is CCC(N)Cc1cc(C(C)CC)cc(Cl)c1OCC1CC1. The molecule has 1 aromatic rings. The molecule has 118 valence electrons. The summed E-state index contributed by atoms with van der Waals surface area (Å²) in [6, 6.07) is 4.48. The molecule has 0 aromatic heterocycles. The average molecular weight is 310 g/mol. The van der Waals surface area contributed by atoms with Crippen molar-refractivity contribution in [1.82, 2.24) is 0 Å². The van der Waals surface area contributed by atoms with E-state index in [0.29, 0.717) is 5.92 Å². The third kappa shape index (κ3) is 4.62. The lowest BCUT2D eigenvalue weighted by Gasteiger charge is -2.19. The lowest BCUT2D eigenvalue weighted by atomic mass is 9.94. The van der Waals surface area contributed by atoms with Crippen LogP contribution in [0.1, 0.15) is 63.5 Å². The Bertz CT molecular complexity index is 471. The number of ether oxygens (including phenoxy) is 1. The predicted octanol–water partition coefficient (Wildman–Crippen LogP) is 4.92. The molecule has 2 rings (SSSR count). The van der Waals surface area contributed by atoms with E-state index in [9.17, 15) is 0 Å². The summed E-state index contributed by atoms with van der Waals surface area (Å²) in [5, 5.41) is 0.742. The van der Waals surface area contributed by atoms with Crippen LogP contribution in [0.15, 0.2) is 12.1 Å². The van der Waals surface area contributed by atoms with E-state index in [2.05, 4.69) is 32.9 Å². The highest BCUT2D eigenvalue weighted by molar-refractivity contribution is 6.32.